The van der Waals surface area contributed by atoms with Crippen molar-refractivity contribution >= 4 is 15.9 Å². The Morgan fingerprint density at radius 2 is 1.96 bits per heavy atom. The van der Waals surface area contributed by atoms with E-state index in [4.69, 9.17) is 4.74 Å². The maximum absolute atomic E-state index is 12.4. The van der Waals surface area contributed by atoms with Crippen LogP contribution in [-0.2, 0) is 21.2 Å². The molecule has 0 fully saturated rings. The van der Waals surface area contributed by atoms with Crippen molar-refractivity contribution in [3.05, 3.63) is 59.2 Å². The van der Waals surface area contributed by atoms with E-state index in [-0.39, 0.29) is 29.9 Å². The molecule has 2 aromatic rings. The van der Waals surface area contributed by atoms with Gasteiger partial charge in [-0.25, -0.2) is 13.1 Å². The molecule has 1 amide bonds. The van der Waals surface area contributed by atoms with Crippen LogP contribution in [0.15, 0.2) is 47.4 Å². The number of sulfonamides is 1. The number of hydrogen-bond acceptors (Lipinski definition) is 4. The molecule has 1 unspecified atom stereocenters. The normalized spacial score (nSPS) is 15.9. The quantitative estimate of drug-likeness (QED) is 0.761. The average molecular weight is 388 g/mol. The first-order chi connectivity index (χ1) is 12.8. The summed E-state index contributed by atoms with van der Waals surface area (Å²) in [4.78, 5) is 12.2. The largest absolute Gasteiger partial charge is 0.488 e. The molecule has 2 N–H and O–H groups in total. The average Bonchev–Trinajstić information content (AvgIpc) is 3.02. The summed E-state index contributed by atoms with van der Waals surface area (Å²) in [7, 11) is -3.62. The number of para-hydroxylation sites is 1. The highest BCUT2D eigenvalue weighted by atomic mass is 32.2. The fourth-order valence-electron chi connectivity index (χ4n) is 3.16. The zero-order chi connectivity index (χ0) is 19.4. The van der Waals surface area contributed by atoms with Crippen LogP contribution < -0.4 is 14.8 Å². The predicted octanol–water partition coefficient (Wildman–Crippen LogP) is 2.09. The van der Waals surface area contributed by atoms with Crippen molar-refractivity contribution in [3.8, 4) is 5.75 Å². The number of amides is 1. The smallest absolute Gasteiger partial charge is 0.240 e. The minimum absolute atomic E-state index is 0.0488. The van der Waals surface area contributed by atoms with Gasteiger partial charge < -0.3 is 10.1 Å². The van der Waals surface area contributed by atoms with Gasteiger partial charge in [-0.15, -0.1) is 0 Å². The summed E-state index contributed by atoms with van der Waals surface area (Å²) in [6, 6.07) is 13.0. The Balaban J connectivity index is 1.43. The van der Waals surface area contributed by atoms with Gasteiger partial charge in [0.15, 0.2) is 0 Å². The second-order valence-electron chi connectivity index (χ2n) is 6.77. The number of rotatable bonds is 7. The van der Waals surface area contributed by atoms with Crippen molar-refractivity contribution in [2.45, 2.75) is 37.7 Å². The molecule has 3 rings (SSSR count). The van der Waals surface area contributed by atoms with Crippen LogP contribution in [0.4, 0.5) is 0 Å². The van der Waals surface area contributed by atoms with Crippen LogP contribution in [0.3, 0.4) is 0 Å². The van der Waals surface area contributed by atoms with Crippen LogP contribution in [0.25, 0.3) is 0 Å². The summed E-state index contributed by atoms with van der Waals surface area (Å²) >= 11 is 0. The van der Waals surface area contributed by atoms with E-state index < -0.39 is 10.0 Å². The monoisotopic (exact) mass is 388 g/mol. The Hall–Kier alpha value is -2.38. The summed E-state index contributed by atoms with van der Waals surface area (Å²) in [6.45, 7) is 4.12. The first kappa shape index (κ1) is 19.4. The molecule has 144 valence electrons. The number of fused-ring (bicyclic) bond motifs is 1. The van der Waals surface area contributed by atoms with Crippen LogP contribution in [-0.4, -0.2) is 33.5 Å². The number of carbonyl (C=O) groups excluding carboxylic acids is 1. The number of nitrogens with one attached hydrogen (secondary N) is 2. The van der Waals surface area contributed by atoms with Gasteiger partial charge in [0.25, 0.3) is 0 Å². The van der Waals surface area contributed by atoms with E-state index in [0.717, 1.165) is 23.3 Å². The zero-order valence-electron chi connectivity index (χ0n) is 15.5. The highest BCUT2D eigenvalue weighted by Gasteiger charge is 2.22. The number of benzene rings is 2. The van der Waals surface area contributed by atoms with Gasteiger partial charge in [0.2, 0.25) is 15.9 Å². The molecule has 0 aromatic heterocycles. The lowest BCUT2D eigenvalue weighted by Crippen LogP contribution is -2.36. The minimum atomic E-state index is -3.62. The lowest BCUT2D eigenvalue weighted by atomic mass is 10.1. The molecule has 2 aromatic carbocycles. The van der Waals surface area contributed by atoms with E-state index in [1.807, 2.05) is 37.3 Å². The Morgan fingerprint density at radius 1 is 1.19 bits per heavy atom. The third kappa shape index (κ3) is 4.87. The SMILES string of the molecule is Cc1ccc(S(=O)(=O)NCCC(=O)NCC2Cc3ccccc3O2)c(C)c1. The standard InChI is InChI=1S/C20H24N2O4S/c1-14-7-8-19(15(2)11-14)27(24,25)22-10-9-20(23)21-13-17-12-16-5-3-4-6-18(16)26-17/h3-8,11,17,22H,9-10,12-13H2,1-2H3,(H,21,23). The summed E-state index contributed by atoms with van der Waals surface area (Å²) in [6.07, 6.45) is 0.748. The molecule has 7 heteroatoms. The molecule has 0 radical (unpaired) electrons. The molecular weight excluding hydrogens is 364 g/mol. The van der Waals surface area contributed by atoms with Crippen molar-refractivity contribution < 1.29 is 17.9 Å². The molecule has 27 heavy (non-hydrogen) atoms. The van der Waals surface area contributed by atoms with Gasteiger partial charge in [0, 0.05) is 19.4 Å². The van der Waals surface area contributed by atoms with Crippen LogP contribution in [0.2, 0.25) is 0 Å². The third-order valence-electron chi connectivity index (χ3n) is 4.50. The van der Waals surface area contributed by atoms with Gasteiger partial charge in [0.1, 0.15) is 11.9 Å². The summed E-state index contributed by atoms with van der Waals surface area (Å²) in [5.41, 5.74) is 2.82. The molecule has 0 bridgehead atoms. The minimum Gasteiger partial charge on any atom is -0.488 e. The molecule has 1 aliphatic heterocycles. The Kier molecular flexibility index (Phi) is 5.82. The lowest BCUT2D eigenvalue weighted by Gasteiger charge is -2.13. The molecule has 1 heterocycles. The summed E-state index contributed by atoms with van der Waals surface area (Å²) < 4.78 is 33.0. The first-order valence-corrected chi connectivity index (χ1v) is 10.4. The number of ether oxygens (including phenoxy) is 1. The van der Waals surface area contributed by atoms with Crippen molar-refractivity contribution in [1.82, 2.24) is 10.0 Å². The number of carbonyl (C=O) groups is 1. The Morgan fingerprint density at radius 3 is 2.70 bits per heavy atom. The molecule has 0 saturated heterocycles. The Labute approximate surface area is 160 Å². The van der Waals surface area contributed by atoms with E-state index in [1.54, 1.807) is 19.1 Å². The van der Waals surface area contributed by atoms with Gasteiger partial charge in [-0.05, 0) is 37.1 Å². The molecule has 0 saturated carbocycles. The fraction of sp³-hybridized carbons (Fsp3) is 0.350. The van der Waals surface area contributed by atoms with Gasteiger partial charge in [-0.3, -0.25) is 4.79 Å². The zero-order valence-corrected chi connectivity index (χ0v) is 16.3. The molecular formula is C20H24N2O4S. The third-order valence-corrected chi connectivity index (χ3v) is 6.13. The van der Waals surface area contributed by atoms with E-state index in [1.165, 1.54) is 0 Å². The predicted molar refractivity (Wildman–Crippen MR) is 103 cm³/mol. The van der Waals surface area contributed by atoms with E-state index in [2.05, 4.69) is 10.0 Å². The molecule has 0 aliphatic carbocycles. The first-order valence-electron chi connectivity index (χ1n) is 8.93. The summed E-state index contributed by atoms with van der Waals surface area (Å²) in [5, 5.41) is 2.81. The van der Waals surface area contributed by atoms with E-state index in [0.29, 0.717) is 12.1 Å². The fourth-order valence-corrected chi connectivity index (χ4v) is 4.42. The van der Waals surface area contributed by atoms with Crippen LogP contribution in [0.1, 0.15) is 23.1 Å². The van der Waals surface area contributed by atoms with Crippen LogP contribution >= 0.6 is 0 Å². The van der Waals surface area contributed by atoms with Crippen molar-refractivity contribution in [1.29, 1.82) is 0 Å². The van der Waals surface area contributed by atoms with Gasteiger partial charge in [0.05, 0.1) is 11.4 Å². The maximum atomic E-state index is 12.4. The van der Waals surface area contributed by atoms with Crippen LogP contribution in [0.5, 0.6) is 5.75 Å². The summed E-state index contributed by atoms with van der Waals surface area (Å²) in [5.74, 6) is 0.649. The molecule has 1 aliphatic rings. The highest BCUT2D eigenvalue weighted by molar-refractivity contribution is 7.89. The second-order valence-corrected chi connectivity index (χ2v) is 8.51. The molecule has 1 atom stereocenters. The Bertz CT molecular complexity index is 916. The maximum Gasteiger partial charge on any atom is 0.240 e. The lowest BCUT2D eigenvalue weighted by molar-refractivity contribution is -0.121. The van der Waals surface area contributed by atoms with Crippen molar-refractivity contribution in [2.75, 3.05) is 13.1 Å². The van der Waals surface area contributed by atoms with E-state index >= 15 is 0 Å². The molecule has 6 nitrogen and oxygen atoms in total. The number of hydrogen-bond donors (Lipinski definition) is 2. The van der Waals surface area contributed by atoms with Crippen molar-refractivity contribution in [3.63, 3.8) is 0 Å². The topological polar surface area (TPSA) is 84.5 Å². The highest BCUT2D eigenvalue weighted by Crippen LogP contribution is 2.27. The van der Waals surface area contributed by atoms with Crippen molar-refractivity contribution in [2.24, 2.45) is 0 Å². The van der Waals surface area contributed by atoms with Crippen LogP contribution in [0, 0.1) is 13.8 Å². The number of aryl methyl sites for hydroxylation is 2. The van der Waals surface area contributed by atoms with Gasteiger partial charge in [-0.1, -0.05) is 35.9 Å². The van der Waals surface area contributed by atoms with Gasteiger partial charge in [-0.2, -0.15) is 0 Å². The molecule has 0 spiro atoms. The van der Waals surface area contributed by atoms with E-state index in [9.17, 15) is 13.2 Å². The second kappa shape index (κ2) is 8.10. The van der Waals surface area contributed by atoms with Gasteiger partial charge >= 0.3 is 0 Å².